The zero-order chi connectivity index (χ0) is 12.3. The molecular formula is C12H22N2O2. The summed E-state index contributed by atoms with van der Waals surface area (Å²) in [5.41, 5.74) is 5.37. The maximum absolute atomic E-state index is 12.1. The van der Waals surface area contributed by atoms with Gasteiger partial charge in [0.15, 0.2) is 5.78 Å². The Labute approximate surface area is 97.2 Å². The second kappa shape index (κ2) is 5.43. The standard InChI is InChI=1S/C12H22N2O2/c1-4-9-5-6-14(10(15)7-13)11(9)12(16)8(2)3/h8-9,11H,4-7,13H2,1-3H3. The number of hydrogen-bond donors (Lipinski definition) is 1. The lowest BCUT2D eigenvalue weighted by molar-refractivity contribution is -0.138. The fourth-order valence-electron chi connectivity index (χ4n) is 2.41. The van der Waals surface area contributed by atoms with Crippen LogP contribution in [0.1, 0.15) is 33.6 Å². The van der Waals surface area contributed by atoms with Crippen LogP contribution in [0.25, 0.3) is 0 Å². The van der Waals surface area contributed by atoms with Crippen LogP contribution in [0, 0.1) is 11.8 Å². The van der Waals surface area contributed by atoms with Crippen molar-refractivity contribution in [1.82, 2.24) is 4.90 Å². The molecule has 1 saturated heterocycles. The number of Topliss-reactive ketones (excluding diaryl/α,β-unsaturated/α-hetero) is 1. The van der Waals surface area contributed by atoms with Crippen molar-refractivity contribution in [3.05, 3.63) is 0 Å². The van der Waals surface area contributed by atoms with Gasteiger partial charge >= 0.3 is 0 Å². The largest absolute Gasteiger partial charge is 0.331 e. The maximum Gasteiger partial charge on any atom is 0.236 e. The Bertz CT molecular complexity index is 276. The summed E-state index contributed by atoms with van der Waals surface area (Å²) in [5, 5.41) is 0. The molecule has 1 aliphatic rings. The van der Waals surface area contributed by atoms with Crippen molar-refractivity contribution >= 4 is 11.7 Å². The van der Waals surface area contributed by atoms with Crippen molar-refractivity contribution in [1.29, 1.82) is 0 Å². The summed E-state index contributed by atoms with van der Waals surface area (Å²) in [6.45, 7) is 6.52. The van der Waals surface area contributed by atoms with E-state index in [-0.39, 0.29) is 30.2 Å². The summed E-state index contributed by atoms with van der Waals surface area (Å²) in [6, 6.07) is -0.235. The first-order chi connectivity index (χ1) is 7.52. The first-order valence-corrected chi connectivity index (χ1v) is 6.06. The lowest BCUT2D eigenvalue weighted by Crippen LogP contribution is -2.47. The molecule has 2 N–H and O–H groups in total. The number of likely N-dealkylation sites (tertiary alicyclic amines) is 1. The highest BCUT2D eigenvalue weighted by Gasteiger charge is 2.40. The molecule has 0 aromatic carbocycles. The van der Waals surface area contributed by atoms with Crippen molar-refractivity contribution in [3.8, 4) is 0 Å². The van der Waals surface area contributed by atoms with Crippen LogP contribution < -0.4 is 5.73 Å². The van der Waals surface area contributed by atoms with Gasteiger partial charge in [0.2, 0.25) is 5.91 Å². The molecule has 0 radical (unpaired) electrons. The van der Waals surface area contributed by atoms with E-state index in [2.05, 4.69) is 6.92 Å². The van der Waals surface area contributed by atoms with Crippen molar-refractivity contribution in [2.45, 2.75) is 39.7 Å². The molecule has 0 spiro atoms. The predicted molar refractivity (Wildman–Crippen MR) is 62.8 cm³/mol. The Morgan fingerprint density at radius 2 is 2.06 bits per heavy atom. The third-order valence-corrected chi connectivity index (χ3v) is 3.40. The topological polar surface area (TPSA) is 63.4 Å². The number of amides is 1. The molecule has 2 atom stereocenters. The Balaban J connectivity index is 2.86. The Hall–Kier alpha value is -0.900. The van der Waals surface area contributed by atoms with Crippen LogP contribution in [-0.4, -0.2) is 35.7 Å². The zero-order valence-corrected chi connectivity index (χ0v) is 10.4. The van der Waals surface area contributed by atoms with E-state index in [1.807, 2.05) is 13.8 Å². The van der Waals surface area contributed by atoms with Gasteiger partial charge in [-0.2, -0.15) is 0 Å². The van der Waals surface area contributed by atoms with E-state index in [4.69, 9.17) is 5.73 Å². The molecule has 1 amide bonds. The number of hydrogen-bond acceptors (Lipinski definition) is 3. The Morgan fingerprint density at radius 1 is 1.44 bits per heavy atom. The number of nitrogens with zero attached hydrogens (tertiary/aromatic N) is 1. The molecular weight excluding hydrogens is 204 g/mol. The van der Waals surface area contributed by atoms with E-state index in [1.54, 1.807) is 4.90 Å². The second-order valence-corrected chi connectivity index (χ2v) is 4.75. The highest BCUT2D eigenvalue weighted by molar-refractivity contribution is 5.91. The summed E-state index contributed by atoms with van der Waals surface area (Å²) in [6.07, 6.45) is 1.86. The molecule has 1 fully saturated rings. The summed E-state index contributed by atoms with van der Waals surface area (Å²) < 4.78 is 0. The van der Waals surface area contributed by atoms with Crippen LogP contribution in [0.5, 0.6) is 0 Å². The van der Waals surface area contributed by atoms with E-state index in [0.29, 0.717) is 12.5 Å². The summed E-state index contributed by atoms with van der Waals surface area (Å²) in [7, 11) is 0. The average Bonchev–Trinajstić information content (AvgIpc) is 2.70. The van der Waals surface area contributed by atoms with Crippen LogP contribution in [0.3, 0.4) is 0 Å². The van der Waals surface area contributed by atoms with E-state index in [1.165, 1.54) is 0 Å². The fraction of sp³-hybridized carbons (Fsp3) is 0.833. The lowest BCUT2D eigenvalue weighted by Gasteiger charge is -2.27. The number of carbonyl (C=O) groups excluding carboxylic acids is 2. The van der Waals surface area contributed by atoms with Gasteiger partial charge in [-0.05, 0) is 12.3 Å². The summed E-state index contributed by atoms with van der Waals surface area (Å²) in [4.78, 5) is 25.4. The Morgan fingerprint density at radius 3 is 2.50 bits per heavy atom. The van der Waals surface area contributed by atoms with Gasteiger partial charge in [0.25, 0.3) is 0 Å². The first-order valence-electron chi connectivity index (χ1n) is 6.06. The van der Waals surface area contributed by atoms with E-state index in [9.17, 15) is 9.59 Å². The molecule has 16 heavy (non-hydrogen) atoms. The van der Waals surface area contributed by atoms with Gasteiger partial charge in [0, 0.05) is 12.5 Å². The van der Waals surface area contributed by atoms with Gasteiger partial charge in [-0.15, -0.1) is 0 Å². The maximum atomic E-state index is 12.1. The number of rotatable bonds is 4. The monoisotopic (exact) mass is 226 g/mol. The van der Waals surface area contributed by atoms with E-state index < -0.39 is 0 Å². The van der Waals surface area contributed by atoms with E-state index >= 15 is 0 Å². The lowest BCUT2D eigenvalue weighted by atomic mass is 9.89. The summed E-state index contributed by atoms with van der Waals surface area (Å²) in [5.74, 6) is 0.358. The predicted octanol–water partition coefficient (Wildman–Crippen LogP) is 0.797. The van der Waals surface area contributed by atoms with Crippen LogP contribution in [0.2, 0.25) is 0 Å². The van der Waals surface area contributed by atoms with Crippen molar-refractivity contribution in [3.63, 3.8) is 0 Å². The quantitative estimate of drug-likeness (QED) is 0.771. The molecule has 0 aliphatic carbocycles. The molecule has 0 bridgehead atoms. The van der Waals surface area contributed by atoms with Crippen LogP contribution >= 0.6 is 0 Å². The first kappa shape index (κ1) is 13.2. The molecule has 4 nitrogen and oxygen atoms in total. The minimum atomic E-state index is -0.235. The average molecular weight is 226 g/mol. The van der Waals surface area contributed by atoms with Gasteiger partial charge in [-0.3, -0.25) is 9.59 Å². The third-order valence-electron chi connectivity index (χ3n) is 3.40. The van der Waals surface area contributed by atoms with Crippen molar-refractivity contribution < 1.29 is 9.59 Å². The molecule has 0 aromatic heterocycles. The van der Waals surface area contributed by atoms with Crippen LogP contribution in [-0.2, 0) is 9.59 Å². The highest BCUT2D eigenvalue weighted by atomic mass is 16.2. The SMILES string of the molecule is CCC1CCN(C(=O)CN)C1C(=O)C(C)C. The summed E-state index contributed by atoms with van der Waals surface area (Å²) >= 11 is 0. The molecule has 1 heterocycles. The van der Waals surface area contributed by atoms with Crippen molar-refractivity contribution in [2.75, 3.05) is 13.1 Å². The molecule has 2 unspecified atom stereocenters. The van der Waals surface area contributed by atoms with Gasteiger partial charge in [0.05, 0.1) is 12.6 Å². The van der Waals surface area contributed by atoms with Gasteiger partial charge in [-0.25, -0.2) is 0 Å². The zero-order valence-electron chi connectivity index (χ0n) is 10.4. The Kier molecular flexibility index (Phi) is 4.47. The normalized spacial score (nSPS) is 25.2. The second-order valence-electron chi connectivity index (χ2n) is 4.75. The van der Waals surface area contributed by atoms with Crippen LogP contribution in [0.15, 0.2) is 0 Å². The molecule has 1 rings (SSSR count). The molecule has 0 saturated carbocycles. The highest BCUT2D eigenvalue weighted by Crippen LogP contribution is 2.29. The third kappa shape index (κ3) is 2.43. The molecule has 92 valence electrons. The number of nitrogens with two attached hydrogens (primary N) is 1. The number of carbonyl (C=O) groups is 2. The smallest absolute Gasteiger partial charge is 0.236 e. The van der Waals surface area contributed by atoms with Crippen LogP contribution in [0.4, 0.5) is 0 Å². The molecule has 0 aromatic rings. The molecule has 4 heteroatoms. The van der Waals surface area contributed by atoms with Gasteiger partial charge in [-0.1, -0.05) is 27.2 Å². The van der Waals surface area contributed by atoms with Gasteiger partial charge in [0.1, 0.15) is 0 Å². The minimum absolute atomic E-state index is 0.00168. The van der Waals surface area contributed by atoms with E-state index in [0.717, 1.165) is 12.8 Å². The van der Waals surface area contributed by atoms with Crippen molar-refractivity contribution in [2.24, 2.45) is 17.6 Å². The molecule has 1 aliphatic heterocycles. The number of ketones is 1. The minimum Gasteiger partial charge on any atom is -0.331 e. The van der Waals surface area contributed by atoms with Gasteiger partial charge < -0.3 is 10.6 Å². The fourth-order valence-corrected chi connectivity index (χ4v) is 2.41.